The van der Waals surface area contributed by atoms with Gasteiger partial charge in [-0.15, -0.1) is 0 Å². The first-order valence-electron chi connectivity index (χ1n) is 24.7. The summed E-state index contributed by atoms with van der Waals surface area (Å²) in [4.78, 5) is 37.3. The van der Waals surface area contributed by atoms with Crippen LogP contribution >= 0.6 is 0 Å². The standard InChI is InChI=1S/C43H72N2O34/c1-10(51)44-19-26(60)32(16(7-49)70-37(19)66)75-39-30(64)28(62)24(58)18(74-39)9-69-41-36(29(63)23(57)14(5-47)72-41)77-38-20(45-11(2)52)27(61)33(17(8-50)73-38)76-40-31(65)35(25(59)15(6-48)71-40)79-43(42(67)68)3-12(53)21(55)34(78-43)22(56)13(54)4-46/h12-41,46-50,53-66H,3-9H2,1-2H3,(H,44,51)(H,45,52)(H,67,68)/t12-,13+,14+,15+,16+,17+,18+,19+,20+,21+,22+,23+,24+,25-,26+,27+,28-,29-,30-,31+,32+,33+,34+,35-,36-,37+,38-,39-,40-,41-,43-/m0/s1. The summed E-state index contributed by atoms with van der Waals surface area (Å²) in [5.74, 6) is -6.94. The second-order valence-electron chi connectivity index (χ2n) is 19.7. The van der Waals surface area contributed by atoms with E-state index in [2.05, 4.69) is 10.6 Å². The van der Waals surface area contributed by atoms with Gasteiger partial charge in [-0.2, -0.15) is 0 Å². The van der Waals surface area contributed by atoms with Crippen molar-refractivity contribution in [2.75, 3.05) is 39.6 Å². The molecule has 2 amide bonds. The van der Waals surface area contributed by atoms with Crippen molar-refractivity contribution in [1.82, 2.24) is 10.6 Å². The minimum Gasteiger partial charge on any atom is -0.477 e. The van der Waals surface area contributed by atoms with E-state index in [4.69, 9.17) is 52.1 Å². The number of amides is 2. The number of rotatable bonds is 21. The molecule has 6 rings (SSSR count). The molecule has 6 saturated heterocycles. The second-order valence-corrected chi connectivity index (χ2v) is 19.7. The minimum atomic E-state index is -3.20. The number of ether oxygens (including phenoxy) is 11. The van der Waals surface area contributed by atoms with Crippen molar-refractivity contribution in [3.8, 4) is 0 Å². The lowest BCUT2D eigenvalue weighted by Gasteiger charge is -2.51. The fraction of sp³-hybridized carbons (Fsp3) is 0.930. The topological polar surface area (TPSA) is 581 Å². The highest BCUT2D eigenvalue weighted by Gasteiger charge is 2.61. The zero-order valence-electron chi connectivity index (χ0n) is 41.9. The number of hydrogen-bond acceptors (Lipinski definition) is 33. The van der Waals surface area contributed by atoms with Gasteiger partial charge in [0, 0.05) is 20.3 Å². The van der Waals surface area contributed by atoms with Crippen LogP contribution in [-0.4, -0.2) is 349 Å². The third-order valence-corrected chi connectivity index (χ3v) is 14.2. The Balaban J connectivity index is 1.21. The number of aliphatic hydroxyl groups excluding tert-OH is 19. The second kappa shape index (κ2) is 27.7. The number of carboxylic acids is 1. The van der Waals surface area contributed by atoms with E-state index >= 15 is 0 Å². The summed E-state index contributed by atoms with van der Waals surface area (Å²) in [7, 11) is 0. The number of aliphatic carboxylic acids is 1. The van der Waals surface area contributed by atoms with Crippen molar-refractivity contribution < 1.29 is 169 Å². The molecule has 6 fully saturated rings. The molecular formula is C43H72N2O34. The van der Waals surface area contributed by atoms with Crippen LogP contribution < -0.4 is 10.6 Å². The Labute approximate surface area is 446 Å². The Bertz CT molecular complexity index is 1970. The van der Waals surface area contributed by atoms with Gasteiger partial charge < -0.3 is 165 Å². The van der Waals surface area contributed by atoms with Gasteiger partial charge in [-0.3, -0.25) is 9.59 Å². The Morgan fingerprint density at radius 3 is 1.56 bits per heavy atom. The van der Waals surface area contributed by atoms with Crippen LogP contribution in [0.5, 0.6) is 0 Å². The van der Waals surface area contributed by atoms with Crippen LogP contribution in [0.15, 0.2) is 0 Å². The van der Waals surface area contributed by atoms with Crippen LogP contribution in [0.1, 0.15) is 20.3 Å². The van der Waals surface area contributed by atoms with Gasteiger partial charge in [0.15, 0.2) is 31.5 Å². The summed E-state index contributed by atoms with van der Waals surface area (Å²) in [5, 5.41) is 218. The van der Waals surface area contributed by atoms with Gasteiger partial charge in [0.2, 0.25) is 11.8 Å². The highest BCUT2D eigenvalue weighted by molar-refractivity contribution is 5.76. The molecule has 36 nitrogen and oxygen atoms in total. The highest BCUT2D eigenvalue weighted by Crippen LogP contribution is 2.39. The molecule has 0 spiro atoms. The summed E-state index contributed by atoms with van der Waals surface area (Å²) in [6.45, 7) is -4.22. The van der Waals surface area contributed by atoms with E-state index in [1.807, 2.05) is 0 Å². The third kappa shape index (κ3) is 14.1. The van der Waals surface area contributed by atoms with Crippen LogP contribution in [-0.2, 0) is 66.5 Å². The van der Waals surface area contributed by atoms with Crippen molar-refractivity contribution in [2.45, 2.75) is 210 Å². The maximum absolute atomic E-state index is 12.8. The predicted octanol–water partition coefficient (Wildman–Crippen LogP) is -14.6. The van der Waals surface area contributed by atoms with E-state index in [0.29, 0.717) is 0 Å². The van der Waals surface area contributed by atoms with Crippen molar-refractivity contribution >= 4 is 17.8 Å². The first-order valence-corrected chi connectivity index (χ1v) is 24.7. The number of nitrogens with one attached hydrogen (secondary N) is 2. The molecule has 0 bridgehead atoms. The molecule has 0 saturated carbocycles. The molecule has 0 aromatic rings. The molecule has 6 aliphatic rings. The average molecular weight is 1160 g/mol. The predicted molar refractivity (Wildman–Crippen MR) is 240 cm³/mol. The summed E-state index contributed by atoms with van der Waals surface area (Å²) in [6, 6.07) is -3.43. The Hall–Kier alpha value is -2.79. The molecule has 458 valence electrons. The molecule has 0 aliphatic carbocycles. The van der Waals surface area contributed by atoms with E-state index in [1.165, 1.54) is 0 Å². The van der Waals surface area contributed by atoms with Crippen molar-refractivity contribution in [3.05, 3.63) is 0 Å². The van der Waals surface area contributed by atoms with Gasteiger partial charge in [-0.25, -0.2) is 4.79 Å². The van der Waals surface area contributed by atoms with Gasteiger partial charge in [0.05, 0.1) is 45.7 Å². The monoisotopic (exact) mass is 1160 g/mol. The van der Waals surface area contributed by atoms with Gasteiger partial charge in [0.1, 0.15) is 146 Å². The number of carbonyl (C=O) groups is 3. The van der Waals surface area contributed by atoms with Crippen LogP contribution in [0, 0.1) is 0 Å². The molecule has 36 heteroatoms. The Morgan fingerprint density at radius 1 is 0.519 bits per heavy atom. The number of aliphatic hydroxyl groups is 19. The molecule has 79 heavy (non-hydrogen) atoms. The zero-order valence-corrected chi connectivity index (χ0v) is 41.9. The van der Waals surface area contributed by atoms with Crippen molar-refractivity contribution in [3.63, 3.8) is 0 Å². The summed E-state index contributed by atoms with van der Waals surface area (Å²) < 4.78 is 62.4. The lowest BCUT2D eigenvalue weighted by atomic mass is 9.90. The molecular weight excluding hydrogens is 1090 g/mol. The summed E-state index contributed by atoms with van der Waals surface area (Å²) >= 11 is 0. The zero-order chi connectivity index (χ0) is 58.7. The van der Waals surface area contributed by atoms with E-state index in [9.17, 15) is 117 Å². The quantitative estimate of drug-likeness (QED) is 0.0507. The molecule has 0 aromatic heterocycles. The molecule has 0 aromatic carbocycles. The molecule has 0 unspecified atom stereocenters. The molecule has 0 radical (unpaired) electrons. The SMILES string of the molecule is CC(=O)N[C@@H]1[C@@H](O)[C@H](O[C@@H]2O[C@H](CO[C@H]3O[C@H](CO)[C@@H](O)[C@H](O)[C@@H]3O[C@@H]3O[C@H](CO)[C@@H](O[C@@H]4O[C@H](CO)[C@H](O)[C@H](O[C@]5(C(=O)O)C[C@H](O)[C@@H](O)[C@H]([C@H](O)[C@H](O)CO)O5)[C@H]4O)[C@H](O)[C@H]3NC(C)=O)[C@@H](O)[C@H](O)[C@@H]2O)[C@@H](CO)O[C@H]1O. The minimum absolute atomic E-state index is 0.725. The molecule has 31 atom stereocenters. The van der Waals surface area contributed by atoms with Gasteiger partial charge in [-0.1, -0.05) is 0 Å². The van der Waals surface area contributed by atoms with E-state index < -0.39 is 254 Å². The van der Waals surface area contributed by atoms with E-state index in [1.54, 1.807) is 0 Å². The van der Waals surface area contributed by atoms with Gasteiger partial charge >= 0.3 is 5.97 Å². The fourth-order valence-corrected chi connectivity index (χ4v) is 9.88. The van der Waals surface area contributed by atoms with E-state index in [-0.39, 0.29) is 0 Å². The Morgan fingerprint density at radius 2 is 1.00 bits per heavy atom. The van der Waals surface area contributed by atoms with Gasteiger partial charge in [-0.05, 0) is 0 Å². The molecule has 6 aliphatic heterocycles. The number of carbonyl (C=O) groups excluding carboxylic acids is 2. The lowest BCUT2D eigenvalue weighted by Crippen LogP contribution is -2.70. The highest BCUT2D eigenvalue weighted by atomic mass is 16.8. The maximum Gasteiger partial charge on any atom is 0.364 e. The Kier molecular flexibility index (Phi) is 22.9. The van der Waals surface area contributed by atoms with Gasteiger partial charge in [0.25, 0.3) is 5.79 Å². The molecule has 6 heterocycles. The number of carboxylic acid groups (broad SMARTS) is 1. The molecule has 22 N–H and O–H groups in total. The normalized spacial score (nSPS) is 47.7. The number of hydrogen-bond donors (Lipinski definition) is 22. The lowest BCUT2D eigenvalue weighted by molar-refractivity contribution is -0.392. The fourth-order valence-electron chi connectivity index (χ4n) is 9.88. The van der Waals surface area contributed by atoms with Crippen molar-refractivity contribution in [1.29, 1.82) is 0 Å². The van der Waals surface area contributed by atoms with Crippen LogP contribution in [0.3, 0.4) is 0 Å². The van der Waals surface area contributed by atoms with Crippen LogP contribution in [0.4, 0.5) is 0 Å². The first-order chi connectivity index (χ1) is 37.2. The third-order valence-electron chi connectivity index (χ3n) is 14.2. The summed E-state index contributed by atoms with van der Waals surface area (Å²) in [5.41, 5.74) is 0. The average Bonchev–Trinajstić information content (AvgIpc) is 3.57. The van der Waals surface area contributed by atoms with Crippen LogP contribution in [0.25, 0.3) is 0 Å². The van der Waals surface area contributed by atoms with E-state index in [0.717, 1.165) is 13.8 Å². The smallest absolute Gasteiger partial charge is 0.364 e. The first kappa shape index (κ1) is 65.4. The summed E-state index contributed by atoms with van der Waals surface area (Å²) in [6.07, 6.45) is -57.9. The largest absolute Gasteiger partial charge is 0.477 e. The van der Waals surface area contributed by atoms with Crippen molar-refractivity contribution in [2.24, 2.45) is 0 Å². The maximum atomic E-state index is 12.8. The van der Waals surface area contributed by atoms with Crippen LogP contribution in [0.2, 0.25) is 0 Å².